The van der Waals surface area contributed by atoms with Crippen molar-refractivity contribution in [1.29, 1.82) is 0 Å². The van der Waals surface area contributed by atoms with Gasteiger partial charge in [-0.1, -0.05) is 45.0 Å². The van der Waals surface area contributed by atoms with Crippen molar-refractivity contribution in [3.8, 4) is 0 Å². The highest BCUT2D eigenvalue weighted by Crippen LogP contribution is 2.44. The summed E-state index contributed by atoms with van der Waals surface area (Å²) in [6.07, 6.45) is 2.33. The first-order valence-electron chi connectivity index (χ1n) is 9.68. The second-order valence-corrected chi connectivity index (χ2v) is 14.5. The quantitative estimate of drug-likeness (QED) is 0.378. The van der Waals surface area contributed by atoms with Crippen molar-refractivity contribution in [1.82, 2.24) is 4.90 Å². The lowest BCUT2D eigenvalue weighted by atomic mass is 9.83. The van der Waals surface area contributed by atoms with E-state index in [2.05, 4.69) is 33.9 Å². The molecule has 2 aliphatic heterocycles. The van der Waals surface area contributed by atoms with Gasteiger partial charge < -0.3 is 13.5 Å². The fourth-order valence-corrected chi connectivity index (χ4v) is 5.42. The number of carbonyl (C=O) groups is 2. The molecule has 3 atom stereocenters. The molecule has 0 aliphatic carbocycles. The molecule has 0 radical (unpaired) electrons. The number of amides is 1. The van der Waals surface area contributed by atoms with Gasteiger partial charge in [-0.25, -0.2) is 4.79 Å². The van der Waals surface area contributed by atoms with Gasteiger partial charge in [0.25, 0.3) is 0 Å². The van der Waals surface area contributed by atoms with Crippen molar-refractivity contribution in [2.75, 3.05) is 0 Å². The molecule has 5 nitrogen and oxygen atoms in total. The number of carbonyl (C=O) groups excluding carboxylic acids is 2. The summed E-state index contributed by atoms with van der Waals surface area (Å²) in [7, 11) is -1.96. The summed E-state index contributed by atoms with van der Waals surface area (Å²) < 4.78 is 11.8. The minimum Gasteiger partial charge on any atom is -0.413 e. The number of hydrogen-bond acceptors (Lipinski definition) is 5. The Bertz CT molecular complexity index is 787. The monoisotopic (exact) mass is 419 g/mol. The van der Waals surface area contributed by atoms with Crippen LogP contribution in [0.15, 0.2) is 47.0 Å². The van der Waals surface area contributed by atoms with Crippen molar-refractivity contribution < 1.29 is 18.2 Å². The fraction of sp³-hybridized carbons (Fsp3) is 0.524. The van der Waals surface area contributed by atoms with Crippen LogP contribution >= 0.6 is 12.0 Å². The minimum absolute atomic E-state index is 0.00320. The van der Waals surface area contributed by atoms with Crippen LogP contribution in [0.5, 0.6) is 0 Å². The Morgan fingerprint density at radius 2 is 1.89 bits per heavy atom. The Morgan fingerprint density at radius 1 is 1.25 bits per heavy atom. The molecule has 3 rings (SSSR count). The van der Waals surface area contributed by atoms with E-state index in [0.717, 1.165) is 16.9 Å². The summed E-state index contributed by atoms with van der Waals surface area (Å²) in [6, 6.07) is 9.41. The van der Waals surface area contributed by atoms with Crippen molar-refractivity contribution >= 4 is 32.2 Å². The zero-order chi connectivity index (χ0) is 20.7. The smallest absolute Gasteiger partial charge is 0.367 e. The molecule has 0 bridgehead atoms. The lowest BCUT2D eigenvalue weighted by Crippen LogP contribution is -2.63. The van der Waals surface area contributed by atoms with Crippen LogP contribution in [-0.4, -0.2) is 37.2 Å². The molecule has 7 heteroatoms. The third kappa shape index (κ3) is 3.93. The number of fused-ring (bicyclic) bond motifs is 1. The van der Waals surface area contributed by atoms with Crippen LogP contribution in [0.1, 0.15) is 34.1 Å². The van der Waals surface area contributed by atoms with E-state index in [0.29, 0.717) is 12.1 Å². The van der Waals surface area contributed by atoms with Gasteiger partial charge >= 0.3 is 5.97 Å². The molecule has 2 heterocycles. The van der Waals surface area contributed by atoms with E-state index in [1.54, 1.807) is 4.90 Å². The predicted molar refractivity (Wildman–Crippen MR) is 113 cm³/mol. The van der Waals surface area contributed by atoms with Gasteiger partial charge in [-0.3, -0.25) is 4.79 Å². The van der Waals surface area contributed by atoms with Gasteiger partial charge in [-0.2, -0.15) is 0 Å². The highest BCUT2D eigenvalue weighted by Gasteiger charge is 2.56. The van der Waals surface area contributed by atoms with Gasteiger partial charge in [-0.05, 0) is 43.6 Å². The van der Waals surface area contributed by atoms with E-state index < -0.39 is 14.3 Å². The number of nitrogens with zero attached hydrogens (tertiary/aromatic N) is 1. The Labute approximate surface area is 172 Å². The van der Waals surface area contributed by atoms with E-state index >= 15 is 0 Å². The number of hydrogen-bond donors (Lipinski definition) is 0. The molecular formula is C21H29NO4SSi. The fourth-order valence-electron chi connectivity index (χ4n) is 3.46. The molecule has 0 saturated carbocycles. The van der Waals surface area contributed by atoms with E-state index in [9.17, 15) is 9.59 Å². The lowest BCUT2D eigenvalue weighted by Gasteiger charge is -2.48. The average Bonchev–Trinajstić information content (AvgIpc) is 2.98. The maximum atomic E-state index is 12.8. The standard InChI is InChI=1S/C21H29NO4SSi/c1-14(26-28(5,6)21(2,3)4)18-16-12-13-17(22(16)19(18)23)20(24)25-27-15-10-8-7-9-11-15/h7-11,13-14,16,18H,12H2,1-6H3. The number of rotatable bonds is 6. The summed E-state index contributed by atoms with van der Waals surface area (Å²) in [4.78, 5) is 27.7. The lowest BCUT2D eigenvalue weighted by molar-refractivity contribution is -0.159. The number of benzene rings is 1. The molecule has 0 spiro atoms. The maximum Gasteiger partial charge on any atom is 0.367 e. The molecular weight excluding hydrogens is 390 g/mol. The van der Waals surface area contributed by atoms with Gasteiger partial charge in [0.15, 0.2) is 8.32 Å². The molecule has 1 aromatic carbocycles. The second kappa shape index (κ2) is 7.69. The van der Waals surface area contributed by atoms with Crippen molar-refractivity contribution in [3.05, 3.63) is 42.1 Å². The molecule has 1 aromatic rings. The summed E-state index contributed by atoms with van der Waals surface area (Å²) in [5.41, 5.74) is 0.356. The molecule has 152 valence electrons. The second-order valence-electron chi connectivity index (χ2n) is 8.98. The minimum atomic E-state index is -1.96. The first kappa shape index (κ1) is 21.1. The number of β-lactam (4-membered cyclic amide) rings is 1. The van der Waals surface area contributed by atoms with Crippen LogP contribution in [0.2, 0.25) is 18.1 Å². The van der Waals surface area contributed by atoms with Crippen LogP contribution in [-0.2, 0) is 18.2 Å². The zero-order valence-electron chi connectivity index (χ0n) is 17.4. The predicted octanol–water partition coefficient (Wildman–Crippen LogP) is 4.76. The van der Waals surface area contributed by atoms with E-state index in [1.165, 1.54) is 0 Å². The largest absolute Gasteiger partial charge is 0.413 e. The molecule has 1 fully saturated rings. The van der Waals surface area contributed by atoms with Gasteiger partial charge in [-0.15, -0.1) is 0 Å². The van der Waals surface area contributed by atoms with Gasteiger partial charge in [0.05, 0.1) is 30.1 Å². The zero-order valence-corrected chi connectivity index (χ0v) is 19.2. The van der Waals surface area contributed by atoms with Crippen molar-refractivity contribution in [3.63, 3.8) is 0 Å². The molecule has 1 saturated heterocycles. The van der Waals surface area contributed by atoms with Crippen LogP contribution in [0.3, 0.4) is 0 Å². The Hall–Kier alpha value is -1.57. The molecule has 2 aliphatic rings. The van der Waals surface area contributed by atoms with Crippen LogP contribution < -0.4 is 0 Å². The third-order valence-corrected chi connectivity index (χ3v) is 11.3. The van der Waals surface area contributed by atoms with Crippen LogP contribution in [0.25, 0.3) is 0 Å². The molecule has 1 amide bonds. The first-order valence-corrected chi connectivity index (χ1v) is 13.3. The van der Waals surface area contributed by atoms with E-state index in [4.69, 9.17) is 8.61 Å². The van der Waals surface area contributed by atoms with Gasteiger partial charge in [0.2, 0.25) is 5.91 Å². The summed E-state index contributed by atoms with van der Waals surface area (Å²) >= 11 is 1.01. The van der Waals surface area contributed by atoms with Crippen LogP contribution in [0, 0.1) is 5.92 Å². The summed E-state index contributed by atoms with van der Waals surface area (Å²) in [5.74, 6) is -0.708. The molecule has 28 heavy (non-hydrogen) atoms. The van der Waals surface area contributed by atoms with Crippen molar-refractivity contribution in [2.24, 2.45) is 5.92 Å². The van der Waals surface area contributed by atoms with E-state index in [1.807, 2.05) is 43.3 Å². The summed E-state index contributed by atoms with van der Waals surface area (Å²) in [5, 5.41) is 0.0886. The highest BCUT2D eigenvalue weighted by molar-refractivity contribution is 7.95. The molecule has 3 unspecified atom stereocenters. The van der Waals surface area contributed by atoms with Crippen LogP contribution in [0.4, 0.5) is 0 Å². The topological polar surface area (TPSA) is 55.8 Å². The van der Waals surface area contributed by atoms with Gasteiger partial charge in [0, 0.05) is 4.90 Å². The van der Waals surface area contributed by atoms with Crippen molar-refractivity contribution in [2.45, 2.75) is 69.3 Å². The average molecular weight is 420 g/mol. The van der Waals surface area contributed by atoms with Gasteiger partial charge in [0.1, 0.15) is 5.70 Å². The molecule has 0 N–H and O–H groups in total. The SMILES string of the molecule is CC(O[Si](C)(C)C(C)(C)C)C1C(=O)N2C(C(=O)OSc3ccccc3)=CCC12. The molecule has 0 aromatic heterocycles. The normalized spacial score (nSPS) is 23.0. The Balaban J connectivity index is 1.59. The van der Waals surface area contributed by atoms with E-state index in [-0.39, 0.29) is 29.0 Å². The third-order valence-electron chi connectivity index (χ3n) is 6.04. The Morgan fingerprint density at radius 3 is 2.50 bits per heavy atom. The highest BCUT2D eigenvalue weighted by atomic mass is 32.2. The Kier molecular flexibility index (Phi) is 5.80. The summed E-state index contributed by atoms with van der Waals surface area (Å²) in [6.45, 7) is 13.0. The first-order chi connectivity index (χ1) is 13.0. The maximum absolute atomic E-state index is 12.8.